The molecule has 68 valence electrons. The molecule has 0 saturated heterocycles. The van der Waals surface area contributed by atoms with Crippen molar-refractivity contribution in [3.05, 3.63) is 22.8 Å². The van der Waals surface area contributed by atoms with E-state index < -0.39 is 0 Å². The van der Waals surface area contributed by atoms with Gasteiger partial charge in [-0.25, -0.2) is 0 Å². The molecular formula is C12H15N. The first-order chi connectivity index (χ1) is 6.16. The fourth-order valence-corrected chi connectivity index (χ4v) is 2.49. The molecule has 0 N–H and O–H groups in total. The summed E-state index contributed by atoms with van der Waals surface area (Å²) in [6.07, 6.45) is 7.10. The maximum Gasteiger partial charge on any atom is 0.0956 e. The first-order valence-electron chi connectivity index (χ1n) is 5.01. The number of nitrogens with zero attached hydrogens (tertiary/aromatic N) is 1. The van der Waals surface area contributed by atoms with Gasteiger partial charge >= 0.3 is 0 Å². The van der Waals surface area contributed by atoms with Gasteiger partial charge in [-0.15, -0.1) is 0 Å². The minimum absolute atomic E-state index is 0.0322. The molecule has 2 aliphatic carbocycles. The molecule has 0 amide bonds. The summed E-state index contributed by atoms with van der Waals surface area (Å²) < 4.78 is 0. The standard InChI is InChI=1S/C12H15N/c1-12(2)10(8-13)7-9-5-3-4-6-11(9)12/h7H,3-6H2,1-2H3. The lowest BCUT2D eigenvalue weighted by Crippen LogP contribution is -2.15. The van der Waals surface area contributed by atoms with Crippen LogP contribution in [0, 0.1) is 16.7 Å². The topological polar surface area (TPSA) is 23.8 Å². The van der Waals surface area contributed by atoms with E-state index in [4.69, 9.17) is 5.26 Å². The molecule has 1 heteroatoms. The van der Waals surface area contributed by atoms with Crippen LogP contribution in [0.15, 0.2) is 22.8 Å². The summed E-state index contributed by atoms with van der Waals surface area (Å²) in [5, 5.41) is 9.00. The Morgan fingerprint density at radius 2 is 2.00 bits per heavy atom. The highest BCUT2D eigenvalue weighted by Gasteiger charge is 2.35. The molecule has 1 nitrogen and oxygen atoms in total. The summed E-state index contributed by atoms with van der Waals surface area (Å²) in [5.74, 6) is 0. The van der Waals surface area contributed by atoms with E-state index in [0.29, 0.717) is 0 Å². The van der Waals surface area contributed by atoms with Crippen LogP contribution in [0.2, 0.25) is 0 Å². The Hall–Kier alpha value is -1.03. The third kappa shape index (κ3) is 1.13. The van der Waals surface area contributed by atoms with E-state index in [1.807, 2.05) is 0 Å². The lowest BCUT2D eigenvalue weighted by Gasteiger charge is -2.26. The Balaban J connectivity index is 2.43. The highest BCUT2D eigenvalue weighted by Crippen LogP contribution is 2.48. The molecular weight excluding hydrogens is 158 g/mol. The first-order valence-corrected chi connectivity index (χ1v) is 5.01. The summed E-state index contributed by atoms with van der Waals surface area (Å²) >= 11 is 0. The molecule has 0 spiro atoms. The van der Waals surface area contributed by atoms with Crippen molar-refractivity contribution in [2.45, 2.75) is 39.5 Å². The zero-order chi connectivity index (χ0) is 9.47. The lowest BCUT2D eigenvalue weighted by atomic mass is 9.77. The van der Waals surface area contributed by atoms with Gasteiger partial charge in [-0.1, -0.05) is 19.4 Å². The zero-order valence-electron chi connectivity index (χ0n) is 8.35. The summed E-state index contributed by atoms with van der Waals surface area (Å²) in [4.78, 5) is 0. The third-order valence-electron chi connectivity index (χ3n) is 3.38. The molecule has 0 radical (unpaired) electrons. The maximum atomic E-state index is 9.00. The van der Waals surface area contributed by atoms with Gasteiger partial charge in [0.25, 0.3) is 0 Å². The number of hydrogen-bond acceptors (Lipinski definition) is 1. The molecule has 0 atom stereocenters. The van der Waals surface area contributed by atoms with Gasteiger partial charge in [-0.05, 0) is 37.3 Å². The molecule has 0 aromatic heterocycles. The average molecular weight is 173 g/mol. The normalized spacial score (nSPS) is 25.2. The number of hydrogen-bond donors (Lipinski definition) is 0. The smallest absolute Gasteiger partial charge is 0.0956 e. The molecule has 0 unspecified atom stereocenters. The lowest BCUT2D eigenvalue weighted by molar-refractivity contribution is 0.509. The predicted molar refractivity (Wildman–Crippen MR) is 53.0 cm³/mol. The van der Waals surface area contributed by atoms with Crippen molar-refractivity contribution in [1.29, 1.82) is 5.26 Å². The van der Waals surface area contributed by atoms with Gasteiger partial charge in [0, 0.05) is 11.0 Å². The largest absolute Gasteiger partial charge is 0.193 e. The Kier molecular flexibility index (Phi) is 1.80. The van der Waals surface area contributed by atoms with Crippen molar-refractivity contribution in [2.24, 2.45) is 5.41 Å². The van der Waals surface area contributed by atoms with Crippen LogP contribution in [0.4, 0.5) is 0 Å². The van der Waals surface area contributed by atoms with Gasteiger partial charge in [-0.3, -0.25) is 0 Å². The minimum Gasteiger partial charge on any atom is -0.193 e. The third-order valence-corrected chi connectivity index (χ3v) is 3.38. The van der Waals surface area contributed by atoms with Crippen LogP contribution in [0.5, 0.6) is 0 Å². The van der Waals surface area contributed by atoms with Crippen molar-refractivity contribution in [1.82, 2.24) is 0 Å². The highest BCUT2D eigenvalue weighted by molar-refractivity contribution is 5.52. The molecule has 13 heavy (non-hydrogen) atoms. The molecule has 0 fully saturated rings. The van der Waals surface area contributed by atoms with Crippen LogP contribution < -0.4 is 0 Å². The van der Waals surface area contributed by atoms with E-state index in [2.05, 4.69) is 26.0 Å². The van der Waals surface area contributed by atoms with Crippen LogP contribution in [0.25, 0.3) is 0 Å². The summed E-state index contributed by atoms with van der Waals surface area (Å²) in [6, 6.07) is 2.33. The van der Waals surface area contributed by atoms with E-state index in [1.54, 1.807) is 0 Å². The zero-order valence-corrected chi connectivity index (χ0v) is 8.35. The molecule has 0 aromatic carbocycles. The fourth-order valence-electron chi connectivity index (χ4n) is 2.49. The summed E-state index contributed by atoms with van der Waals surface area (Å²) in [5.41, 5.74) is 3.97. The molecule has 0 bridgehead atoms. The summed E-state index contributed by atoms with van der Waals surface area (Å²) in [6.45, 7) is 4.35. The van der Waals surface area contributed by atoms with Crippen LogP contribution >= 0.6 is 0 Å². The number of rotatable bonds is 0. The van der Waals surface area contributed by atoms with Gasteiger partial charge in [0.15, 0.2) is 0 Å². The van der Waals surface area contributed by atoms with Gasteiger partial charge < -0.3 is 0 Å². The Bertz CT molecular complexity index is 337. The van der Waals surface area contributed by atoms with Crippen molar-refractivity contribution in [3.63, 3.8) is 0 Å². The quantitative estimate of drug-likeness (QED) is 0.551. The van der Waals surface area contributed by atoms with E-state index in [9.17, 15) is 0 Å². The van der Waals surface area contributed by atoms with Gasteiger partial charge in [0.05, 0.1) is 6.07 Å². The van der Waals surface area contributed by atoms with Crippen molar-refractivity contribution < 1.29 is 0 Å². The molecule has 0 saturated carbocycles. The second-order valence-electron chi connectivity index (χ2n) is 4.51. The fraction of sp³-hybridized carbons (Fsp3) is 0.583. The summed E-state index contributed by atoms with van der Waals surface area (Å²) in [7, 11) is 0. The van der Waals surface area contributed by atoms with Gasteiger partial charge in [0.1, 0.15) is 0 Å². The first kappa shape index (κ1) is 8.56. The van der Waals surface area contributed by atoms with E-state index in [1.165, 1.54) is 36.8 Å². The van der Waals surface area contributed by atoms with Gasteiger partial charge in [-0.2, -0.15) is 5.26 Å². The Morgan fingerprint density at radius 3 is 2.62 bits per heavy atom. The van der Waals surface area contributed by atoms with Crippen molar-refractivity contribution in [2.75, 3.05) is 0 Å². The maximum absolute atomic E-state index is 9.00. The van der Waals surface area contributed by atoms with Crippen LogP contribution in [0.3, 0.4) is 0 Å². The molecule has 2 aliphatic rings. The van der Waals surface area contributed by atoms with Crippen molar-refractivity contribution >= 4 is 0 Å². The predicted octanol–water partition coefficient (Wildman–Crippen LogP) is 3.35. The molecule has 0 aromatic rings. The van der Waals surface area contributed by atoms with Crippen LogP contribution in [-0.4, -0.2) is 0 Å². The second kappa shape index (κ2) is 2.73. The van der Waals surface area contributed by atoms with E-state index >= 15 is 0 Å². The Labute approximate surface area is 79.8 Å². The van der Waals surface area contributed by atoms with E-state index in [-0.39, 0.29) is 5.41 Å². The average Bonchev–Trinajstić information content (AvgIpc) is 2.39. The van der Waals surface area contributed by atoms with E-state index in [0.717, 1.165) is 5.57 Å². The number of nitriles is 1. The van der Waals surface area contributed by atoms with Gasteiger partial charge in [0.2, 0.25) is 0 Å². The molecule has 2 rings (SSSR count). The second-order valence-corrected chi connectivity index (χ2v) is 4.51. The molecule has 0 heterocycles. The monoisotopic (exact) mass is 173 g/mol. The van der Waals surface area contributed by atoms with Crippen LogP contribution in [-0.2, 0) is 0 Å². The number of allylic oxidation sites excluding steroid dienone is 4. The van der Waals surface area contributed by atoms with Crippen LogP contribution in [0.1, 0.15) is 39.5 Å². The highest BCUT2D eigenvalue weighted by atomic mass is 14.4. The van der Waals surface area contributed by atoms with Crippen molar-refractivity contribution in [3.8, 4) is 6.07 Å². The Morgan fingerprint density at radius 1 is 1.31 bits per heavy atom. The molecule has 0 aliphatic heterocycles. The minimum atomic E-state index is 0.0322. The SMILES string of the molecule is CC1(C)C(C#N)=CC2=C1CCCC2.